The molecule has 1 heterocycles. The first kappa shape index (κ1) is 12.9. The first-order valence-electron chi connectivity index (χ1n) is 5.86. The van der Waals surface area contributed by atoms with Crippen molar-refractivity contribution in [1.82, 2.24) is 4.98 Å². The fourth-order valence-corrected chi connectivity index (χ4v) is 3.07. The van der Waals surface area contributed by atoms with Gasteiger partial charge in [-0.15, -0.1) is 0 Å². The number of sulfone groups is 1. The van der Waals surface area contributed by atoms with Crippen molar-refractivity contribution in [3.05, 3.63) is 24.1 Å². The van der Waals surface area contributed by atoms with Crippen LogP contribution in [0.4, 0.5) is 5.69 Å². The molecule has 6 heteroatoms. The summed E-state index contributed by atoms with van der Waals surface area (Å²) in [5.41, 5.74) is 7.29. The van der Waals surface area contributed by atoms with Gasteiger partial charge in [0.2, 0.25) is 5.89 Å². The largest absolute Gasteiger partial charge is 0.439 e. The van der Waals surface area contributed by atoms with Gasteiger partial charge >= 0.3 is 0 Å². The zero-order valence-electron chi connectivity index (χ0n) is 10.2. The molecule has 2 rings (SSSR count). The number of aromatic nitrogens is 1. The van der Waals surface area contributed by atoms with Gasteiger partial charge in [-0.25, -0.2) is 13.4 Å². The number of nitrogens with two attached hydrogens (primary N) is 1. The Morgan fingerprint density at radius 3 is 2.83 bits per heavy atom. The molecule has 0 atom stereocenters. The highest BCUT2D eigenvalue weighted by Gasteiger charge is 2.16. The van der Waals surface area contributed by atoms with Crippen molar-refractivity contribution in [1.29, 1.82) is 0 Å². The Kier molecular flexibility index (Phi) is 3.56. The zero-order valence-corrected chi connectivity index (χ0v) is 11.0. The first-order chi connectivity index (χ1) is 8.52. The lowest BCUT2D eigenvalue weighted by atomic mass is 10.3. The van der Waals surface area contributed by atoms with E-state index >= 15 is 0 Å². The smallest absolute Gasteiger partial charge is 0.210 e. The molecule has 0 radical (unpaired) electrons. The van der Waals surface area contributed by atoms with E-state index in [9.17, 15) is 8.42 Å². The van der Waals surface area contributed by atoms with Crippen molar-refractivity contribution in [3.8, 4) is 0 Å². The first-order valence-corrected chi connectivity index (χ1v) is 7.68. The van der Waals surface area contributed by atoms with Gasteiger partial charge in [-0.3, -0.25) is 0 Å². The van der Waals surface area contributed by atoms with Gasteiger partial charge in [0.05, 0.1) is 11.4 Å². The molecule has 0 spiro atoms. The number of benzene rings is 1. The van der Waals surface area contributed by atoms with Gasteiger partial charge in [-0.2, -0.15) is 0 Å². The zero-order chi connectivity index (χ0) is 13.2. The normalized spacial score (nSPS) is 12.1. The summed E-state index contributed by atoms with van der Waals surface area (Å²) in [6.07, 6.45) is 1.50. The minimum Gasteiger partial charge on any atom is -0.439 e. The number of fused-ring (bicyclic) bond motifs is 1. The van der Waals surface area contributed by atoms with Crippen molar-refractivity contribution in [2.24, 2.45) is 0 Å². The fourth-order valence-electron chi connectivity index (χ4n) is 1.70. The number of oxazole rings is 1. The molecule has 0 aliphatic carbocycles. The van der Waals surface area contributed by atoms with Crippen molar-refractivity contribution < 1.29 is 12.8 Å². The number of hydrogen-bond acceptors (Lipinski definition) is 5. The van der Waals surface area contributed by atoms with E-state index < -0.39 is 9.84 Å². The van der Waals surface area contributed by atoms with Crippen LogP contribution >= 0.6 is 0 Å². The Morgan fingerprint density at radius 2 is 2.17 bits per heavy atom. The van der Waals surface area contributed by atoms with Crippen LogP contribution < -0.4 is 5.73 Å². The lowest BCUT2D eigenvalue weighted by molar-refractivity contribution is 0.539. The van der Waals surface area contributed by atoms with E-state index in [0.717, 1.165) is 6.42 Å². The van der Waals surface area contributed by atoms with Crippen molar-refractivity contribution in [2.75, 3.05) is 11.5 Å². The Hall–Kier alpha value is -1.56. The van der Waals surface area contributed by atoms with E-state index in [-0.39, 0.29) is 17.4 Å². The second-order valence-corrected chi connectivity index (χ2v) is 6.43. The van der Waals surface area contributed by atoms with E-state index in [0.29, 0.717) is 23.2 Å². The molecule has 0 fully saturated rings. The van der Waals surface area contributed by atoms with Crippen LogP contribution in [0.1, 0.15) is 25.7 Å². The predicted octanol–water partition coefficient (Wildman–Crippen LogP) is 2.12. The molecule has 0 aliphatic heterocycles. The summed E-state index contributed by atoms with van der Waals surface area (Å²) < 4.78 is 29.0. The van der Waals surface area contributed by atoms with E-state index in [1.807, 2.05) is 6.92 Å². The number of hydrogen-bond donors (Lipinski definition) is 1. The van der Waals surface area contributed by atoms with Gasteiger partial charge in [0.15, 0.2) is 15.4 Å². The van der Waals surface area contributed by atoms with E-state index in [1.165, 1.54) is 0 Å². The summed E-state index contributed by atoms with van der Waals surface area (Å²) in [4.78, 5) is 4.13. The predicted molar refractivity (Wildman–Crippen MR) is 70.8 cm³/mol. The van der Waals surface area contributed by atoms with Crippen LogP contribution in [-0.4, -0.2) is 19.2 Å². The maximum absolute atomic E-state index is 11.8. The Morgan fingerprint density at radius 1 is 1.39 bits per heavy atom. The van der Waals surface area contributed by atoms with E-state index in [1.54, 1.807) is 18.2 Å². The molecule has 98 valence electrons. The quantitative estimate of drug-likeness (QED) is 0.839. The highest BCUT2D eigenvalue weighted by atomic mass is 32.2. The molecule has 1 aromatic heterocycles. The van der Waals surface area contributed by atoms with Crippen LogP contribution in [0, 0.1) is 0 Å². The molecule has 1 aromatic carbocycles. The molecule has 0 saturated heterocycles. The molecule has 0 amide bonds. The maximum Gasteiger partial charge on any atom is 0.210 e. The molecule has 2 N–H and O–H groups in total. The molecule has 5 nitrogen and oxygen atoms in total. The molecule has 18 heavy (non-hydrogen) atoms. The average Bonchev–Trinajstić information content (AvgIpc) is 2.69. The number of unbranched alkanes of at least 4 members (excludes halogenated alkanes) is 1. The monoisotopic (exact) mass is 268 g/mol. The Balaban J connectivity index is 2.25. The summed E-state index contributed by atoms with van der Waals surface area (Å²) >= 11 is 0. The number of para-hydroxylation sites is 1. The van der Waals surface area contributed by atoms with Gasteiger partial charge < -0.3 is 10.2 Å². The third kappa shape index (κ3) is 2.81. The third-order valence-electron chi connectivity index (χ3n) is 2.65. The molecule has 0 unspecified atom stereocenters. The van der Waals surface area contributed by atoms with Crippen LogP contribution in [-0.2, 0) is 15.6 Å². The summed E-state index contributed by atoms with van der Waals surface area (Å²) in [6, 6.07) is 5.18. The van der Waals surface area contributed by atoms with Gasteiger partial charge in [-0.05, 0) is 18.6 Å². The molecule has 0 saturated carbocycles. The summed E-state index contributed by atoms with van der Waals surface area (Å²) in [5.74, 6) is 0.206. The van der Waals surface area contributed by atoms with Gasteiger partial charge in [-0.1, -0.05) is 19.4 Å². The number of nitrogen functional groups attached to an aromatic ring is 1. The summed E-state index contributed by atoms with van der Waals surface area (Å²) in [7, 11) is -3.15. The summed E-state index contributed by atoms with van der Waals surface area (Å²) in [6.45, 7) is 1.95. The molecule has 2 aromatic rings. The number of anilines is 1. The van der Waals surface area contributed by atoms with Crippen LogP contribution in [0.5, 0.6) is 0 Å². The number of nitrogens with zero attached hydrogens (tertiary/aromatic N) is 1. The van der Waals surface area contributed by atoms with Gasteiger partial charge in [0, 0.05) is 0 Å². The highest BCUT2D eigenvalue weighted by molar-refractivity contribution is 7.90. The highest BCUT2D eigenvalue weighted by Crippen LogP contribution is 2.22. The molecule has 0 bridgehead atoms. The fraction of sp³-hybridized carbons (Fsp3) is 0.417. The number of rotatable bonds is 5. The average molecular weight is 268 g/mol. The van der Waals surface area contributed by atoms with Crippen LogP contribution in [0.15, 0.2) is 22.6 Å². The molecular formula is C12H16N2O3S. The SMILES string of the molecule is CCCCS(=O)(=O)Cc1nc2c(N)cccc2o1. The third-order valence-corrected chi connectivity index (χ3v) is 4.24. The van der Waals surface area contributed by atoms with Crippen LogP contribution in [0.25, 0.3) is 11.1 Å². The van der Waals surface area contributed by atoms with Gasteiger partial charge in [0.25, 0.3) is 0 Å². The minimum atomic E-state index is -3.15. The minimum absolute atomic E-state index is 0.164. The second-order valence-electron chi connectivity index (χ2n) is 4.25. The van der Waals surface area contributed by atoms with Gasteiger partial charge in [0.1, 0.15) is 11.3 Å². The van der Waals surface area contributed by atoms with Crippen LogP contribution in [0.3, 0.4) is 0 Å². The van der Waals surface area contributed by atoms with Crippen molar-refractivity contribution >= 4 is 26.6 Å². The molecular weight excluding hydrogens is 252 g/mol. The Labute approximate surface area is 106 Å². The maximum atomic E-state index is 11.8. The lowest BCUT2D eigenvalue weighted by Crippen LogP contribution is -2.09. The van der Waals surface area contributed by atoms with E-state index in [2.05, 4.69) is 4.98 Å². The molecule has 0 aliphatic rings. The standard InChI is InChI=1S/C12H16N2O3S/c1-2-3-7-18(15,16)8-11-14-12-9(13)5-4-6-10(12)17-11/h4-6H,2-3,7-8,13H2,1H3. The summed E-state index contributed by atoms with van der Waals surface area (Å²) in [5, 5.41) is 0. The van der Waals surface area contributed by atoms with Crippen molar-refractivity contribution in [2.45, 2.75) is 25.5 Å². The van der Waals surface area contributed by atoms with Crippen LogP contribution in [0.2, 0.25) is 0 Å². The van der Waals surface area contributed by atoms with E-state index in [4.69, 9.17) is 10.2 Å². The lowest BCUT2D eigenvalue weighted by Gasteiger charge is -1.99. The topological polar surface area (TPSA) is 86.2 Å². The Bertz CT molecular complexity index is 646. The second kappa shape index (κ2) is 4.97. The van der Waals surface area contributed by atoms with Crippen molar-refractivity contribution in [3.63, 3.8) is 0 Å².